The van der Waals surface area contributed by atoms with Gasteiger partial charge < -0.3 is 4.74 Å². The highest BCUT2D eigenvalue weighted by atomic mass is 32.2. The van der Waals surface area contributed by atoms with Gasteiger partial charge in [-0.25, -0.2) is 8.42 Å². The average molecular weight is 137 g/mol. The summed E-state index contributed by atoms with van der Waals surface area (Å²) < 4.78 is 24.9. The molecule has 0 heterocycles. The molecule has 0 spiro atoms. The van der Waals surface area contributed by atoms with Crippen molar-refractivity contribution in [2.75, 3.05) is 12.9 Å². The number of rotatable bonds is 3. The van der Waals surface area contributed by atoms with Gasteiger partial charge in [0.15, 0.2) is 15.8 Å². The van der Waals surface area contributed by atoms with E-state index >= 15 is 0 Å². The van der Waals surface area contributed by atoms with Gasteiger partial charge in [-0.15, -0.1) is 0 Å². The van der Waals surface area contributed by atoms with Crippen molar-refractivity contribution in [2.24, 2.45) is 0 Å². The maximum atomic E-state index is 10.2. The fraction of sp³-hybridized carbons (Fsp3) is 0.750. The molecule has 0 bridgehead atoms. The van der Waals surface area contributed by atoms with Crippen molar-refractivity contribution in [2.45, 2.75) is 6.92 Å². The van der Waals surface area contributed by atoms with Crippen LogP contribution in [0.5, 0.6) is 0 Å². The fourth-order valence-electron chi connectivity index (χ4n) is 0.192. The first-order chi connectivity index (χ1) is 3.56. The molecule has 0 aliphatic heterocycles. The van der Waals surface area contributed by atoms with E-state index in [1.54, 1.807) is 6.92 Å². The molecule has 0 N–H and O–H groups in total. The first-order valence-corrected chi connectivity index (χ1v) is 4.16. The highest BCUT2D eigenvalue weighted by Gasteiger charge is 1.99. The van der Waals surface area contributed by atoms with Gasteiger partial charge in [0.2, 0.25) is 0 Å². The SMILES string of the molecule is CCO[CH]S(C)(=O)=O. The molecule has 0 aliphatic rings. The summed E-state index contributed by atoms with van der Waals surface area (Å²) in [6.45, 7) is 2.12. The van der Waals surface area contributed by atoms with Crippen LogP contribution in [0.15, 0.2) is 0 Å². The summed E-state index contributed by atoms with van der Waals surface area (Å²) in [4.78, 5) is 0. The van der Waals surface area contributed by atoms with E-state index < -0.39 is 9.84 Å². The van der Waals surface area contributed by atoms with Crippen molar-refractivity contribution < 1.29 is 13.2 Å². The zero-order valence-corrected chi connectivity index (χ0v) is 5.73. The molecule has 0 atom stereocenters. The Hall–Kier alpha value is -0.0900. The van der Waals surface area contributed by atoms with Gasteiger partial charge in [0.05, 0.1) is 0 Å². The van der Waals surface area contributed by atoms with Crippen LogP contribution in [0.1, 0.15) is 6.92 Å². The summed E-state index contributed by atoms with van der Waals surface area (Å²) in [6.07, 6.45) is 1.09. The maximum Gasteiger partial charge on any atom is 0.198 e. The molecule has 1 radical (unpaired) electrons. The molecular weight excluding hydrogens is 128 g/mol. The van der Waals surface area contributed by atoms with Gasteiger partial charge in [-0.05, 0) is 6.92 Å². The number of hydrogen-bond donors (Lipinski definition) is 0. The van der Waals surface area contributed by atoms with E-state index in [2.05, 4.69) is 4.74 Å². The Morgan fingerprint density at radius 1 is 1.62 bits per heavy atom. The first-order valence-electron chi connectivity index (χ1n) is 2.21. The summed E-state index contributed by atoms with van der Waals surface area (Å²) in [6, 6.07) is 0. The van der Waals surface area contributed by atoms with Crippen molar-refractivity contribution in [1.29, 1.82) is 0 Å². The smallest absolute Gasteiger partial charge is 0.198 e. The maximum absolute atomic E-state index is 10.2. The standard InChI is InChI=1S/C4H9O3S/c1-3-7-4-8(2,5)6/h4H,3H2,1-2H3. The van der Waals surface area contributed by atoms with Crippen LogP contribution in [0, 0.1) is 5.94 Å². The van der Waals surface area contributed by atoms with Crippen molar-refractivity contribution in [1.82, 2.24) is 0 Å². The Labute approximate surface area is 49.6 Å². The molecule has 0 aromatic heterocycles. The minimum atomic E-state index is -3.03. The van der Waals surface area contributed by atoms with Crippen molar-refractivity contribution in [3.05, 3.63) is 5.94 Å². The fourth-order valence-corrected chi connectivity index (χ4v) is 0.575. The van der Waals surface area contributed by atoms with E-state index in [4.69, 9.17) is 0 Å². The van der Waals surface area contributed by atoms with Gasteiger partial charge in [-0.1, -0.05) is 0 Å². The van der Waals surface area contributed by atoms with Crippen LogP contribution in [0.4, 0.5) is 0 Å². The lowest BCUT2D eigenvalue weighted by atomic mass is 10.9. The van der Waals surface area contributed by atoms with E-state index in [1.807, 2.05) is 0 Å². The van der Waals surface area contributed by atoms with Crippen LogP contribution in [0.2, 0.25) is 0 Å². The van der Waals surface area contributed by atoms with Crippen LogP contribution in [-0.4, -0.2) is 21.3 Å². The van der Waals surface area contributed by atoms with E-state index in [-0.39, 0.29) is 0 Å². The topological polar surface area (TPSA) is 43.4 Å². The molecule has 0 aliphatic carbocycles. The molecule has 0 rings (SSSR count). The highest BCUT2D eigenvalue weighted by molar-refractivity contribution is 7.92. The second-order valence-corrected chi connectivity index (χ2v) is 3.23. The molecule has 49 valence electrons. The summed E-state index contributed by atoms with van der Waals surface area (Å²) in [5.41, 5.74) is 0. The van der Waals surface area contributed by atoms with Gasteiger partial charge >= 0.3 is 0 Å². The third-order valence-electron chi connectivity index (χ3n) is 0.410. The minimum absolute atomic E-state index is 0.396. The van der Waals surface area contributed by atoms with Crippen LogP contribution in [-0.2, 0) is 14.6 Å². The number of hydrogen-bond acceptors (Lipinski definition) is 3. The molecule has 0 aromatic carbocycles. The van der Waals surface area contributed by atoms with E-state index in [0.717, 1.165) is 12.2 Å². The molecule has 0 amide bonds. The van der Waals surface area contributed by atoms with Crippen molar-refractivity contribution in [3.63, 3.8) is 0 Å². The van der Waals surface area contributed by atoms with Crippen LogP contribution >= 0.6 is 0 Å². The summed E-state index contributed by atoms with van der Waals surface area (Å²) in [7, 11) is -3.03. The lowest BCUT2D eigenvalue weighted by Gasteiger charge is -1.93. The predicted molar refractivity (Wildman–Crippen MR) is 30.8 cm³/mol. The summed E-state index contributed by atoms with van der Waals surface area (Å²) in [5, 5.41) is 0. The lowest BCUT2D eigenvalue weighted by Crippen LogP contribution is -1.99. The van der Waals surface area contributed by atoms with Crippen LogP contribution in [0.3, 0.4) is 0 Å². The van der Waals surface area contributed by atoms with Crippen LogP contribution < -0.4 is 0 Å². The highest BCUT2D eigenvalue weighted by Crippen LogP contribution is 1.89. The van der Waals surface area contributed by atoms with Gasteiger partial charge in [0, 0.05) is 12.9 Å². The minimum Gasteiger partial charge on any atom is -0.359 e. The second-order valence-electron chi connectivity index (χ2n) is 1.38. The predicted octanol–water partition coefficient (Wildman–Crippen LogP) is 0.187. The zero-order valence-electron chi connectivity index (χ0n) is 4.92. The third-order valence-corrected chi connectivity index (χ3v) is 0.895. The van der Waals surface area contributed by atoms with E-state index in [1.165, 1.54) is 0 Å². The summed E-state index contributed by atoms with van der Waals surface area (Å²) in [5.74, 6) is 0.840. The molecule has 0 aromatic rings. The molecule has 3 nitrogen and oxygen atoms in total. The molecular formula is C4H9O3S. The summed E-state index contributed by atoms with van der Waals surface area (Å²) >= 11 is 0. The van der Waals surface area contributed by atoms with Crippen LogP contribution in [0.25, 0.3) is 0 Å². The lowest BCUT2D eigenvalue weighted by molar-refractivity contribution is 0.244. The molecule has 0 saturated carbocycles. The van der Waals surface area contributed by atoms with Gasteiger partial charge in [-0.2, -0.15) is 0 Å². The molecule has 0 fully saturated rings. The van der Waals surface area contributed by atoms with Gasteiger partial charge in [-0.3, -0.25) is 0 Å². The Bertz CT molecular complexity index is 135. The van der Waals surface area contributed by atoms with Gasteiger partial charge in [0.25, 0.3) is 0 Å². The monoisotopic (exact) mass is 137 g/mol. The molecule has 4 heteroatoms. The first kappa shape index (κ1) is 7.91. The molecule has 0 saturated heterocycles. The Balaban J connectivity index is 3.42. The largest absolute Gasteiger partial charge is 0.359 e. The average Bonchev–Trinajstić information content (AvgIpc) is 1.59. The number of ether oxygens (including phenoxy) is 1. The molecule has 0 unspecified atom stereocenters. The normalized spacial score (nSPS) is 11.8. The Kier molecular flexibility index (Phi) is 3.01. The Morgan fingerprint density at radius 3 is 2.25 bits per heavy atom. The van der Waals surface area contributed by atoms with Crippen molar-refractivity contribution >= 4 is 9.84 Å². The zero-order chi connectivity index (χ0) is 6.62. The molecule has 8 heavy (non-hydrogen) atoms. The Morgan fingerprint density at radius 2 is 2.12 bits per heavy atom. The van der Waals surface area contributed by atoms with Crippen molar-refractivity contribution in [3.8, 4) is 0 Å². The van der Waals surface area contributed by atoms with E-state index in [9.17, 15) is 8.42 Å². The van der Waals surface area contributed by atoms with E-state index in [0.29, 0.717) is 6.61 Å². The third kappa shape index (κ3) is 5.91. The van der Waals surface area contributed by atoms with Gasteiger partial charge in [0.1, 0.15) is 0 Å². The quantitative estimate of drug-likeness (QED) is 0.557. The number of sulfone groups is 1. The second kappa shape index (κ2) is 3.04.